The lowest BCUT2D eigenvalue weighted by Crippen LogP contribution is -2.26. The van der Waals surface area contributed by atoms with Crippen molar-refractivity contribution in [2.45, 2.75) is 26.7 Å². The molecular formula is C15H20O4. The third-order valence-electron chi connectivity index (χ3n) is 3.16. The van der Waals surface area contributed by atoms with Crippen LogP contribution < -0.4 is 4.74 Å². The first-order chi connectivity index (χ1) is 9.01. The molecule has 0 N–H and O–H groups in total. The number of ether oxygens (including phenoxy) is 2. The van der Waals surface area contributed by atoms with E-state index in [-0.39, 0.29) is 11.8 Å². The largest absolute Gasteiger partial charge is 0.497 e. The molecule has 0 aliphatic carbocycles. The van der Waals surface area contributed by atoms with E-state index in [0.717, 1.165) is 5.56 Å². The second-order valence-electron chi connectivity index (χ2n) is 4.40. The minimum absolute atomic E-state index is 0.0335. The predicted octanol–water partition coefficient (Wildman–Crippen LogP) is 2.57. The van der Waals surface area contributed by atoms with Crippen molar-refractivity contribution in [1.82, 2.24) is 0 Å². The molecule has 2 atom stereocenters. The molecule has 19 heavy (non-hydrogen) atoms. The highest BCUT2D eigenvalue weighted by atomic mass is 16.5. The summed E-state index contributed by atoms with van der Waals surface area (Å²) in [6, 6.07) is 7.13. The van der Waals surface area contributed by atoms with Crippen LogP contribution in [0, 0.1) is 5.92 Å². The van der Waals surface area contributed by atoms with Gasteiger partial charge in [-0.25, -0.2) is 0 Å². The van der Waals surface area contributed by atoms with Crippen LogP contribution in [-0.4, -0.2) is 25.5 Å². The zero-order valence-corrected chi connectivity index (χ0v) is 11.8. The van der Waals surface area contributed by atoms with E-state index in [2.05, 4.69) is 0 Å². The van der Waals surface area contributed by atoms with Gasteiger partial charge in [0.1, 0.15) is 11.5 Å². The van der Waals surface area contributed by atoms with Gasteiger partial charge in [-0.05, 0) is 31.5 Å². The lowest BCUT2D eigenvalue weighted by molar-refractivity contribution is -0.148. The Morgan fingerprint density at radius 3 is 2.21 bits per heavy atom. The molecule has 0 bridgehead atoms. The highest BCUT2D eigenvalue weighted by molar-refractivity contribution is 5.88. The van der Waals surface area contributed by atoms with Crippen LogP contribution in [0.25, 0.3) is 0 Å². The Bertz CT molecular complexity index is 436. The first-order valence-electron chi connectivity index (χ1n) is 6.32. The van der Waals surface area contributed by atoms with Crippen LogP contribution in [0.2, 0.25) is 0 Å². The average molecular weight is 264 g/mol. The molecule has 2 unspecified atom stereocenters. The van der Waals surface area contributed by atoms with Gasteiger partial charge in [-0.3, -0.25) is 9.59 Å². The number of hydrogen-bond donors (Lipinski definition) is 0. The molecule has 0 spiro atoms. The van der Waals surface area contributed by atoms with Gasteiger partial charge < -0.3 is 9.47 Å². The summed E-state index contributed by atoms with van der Waals surface area (Å²) >= 11 is 0. The van der Waals surface area contributed by atoms with Crippen molar-refractivity contribution < 1.29 is 19.1 Å². The van der Waals surface area contributed by atoms with Gasteiger partial charge in [0.2, 0.25) is 0 Å². The highest BCUT2D eigenvalue weighted by Gasteiger charge is 2.30. The molecule has 0 amide bonds. The third kappa shape index (κ3) is 3.81. The van der Waals surface area contributed by atoms with Crippen molar-refractivity contribution in [2.24, 2.45) is 5.92 Å². The molecule has 0 aromatic heterocycles. The number of methoxy groups -OCH3 is 1. The van der Waals surface area contributed by atoms with Crippen LogP contribution in [0.1, 0.15) is 32.3 Å². The molecule has 0 radical (unpaired) electrons. The molecule has 1 rings (SSSR count). The molecule has 0 saturated carbocycles. The summed E-state index contributed by atoms with van der Waals surface area (Å²) in [7, 11) is 1.58. The summed E-state index contributed by atoms with van der Waals surface area (Å²) < 4.78 is 10.1. The monoisotopic (exact) mass is 264 g/mol. The van der Waals surface area contributed by atoms with Gasteiger partial charge in [-0.2, -0.15) is 0 Å². The average Bonchev–Trinajstić information content (AvgIpc) is 2.40. The number of Topliss-reactive ketones (excluding diaryl/α,β-unsaturated/α-hetero) is 1. The number of esters is 1. The molecule has 1 aromatic rings. The molecule has 4 heteroatoms. The van der Waals surface area contributed by atoms with Crippen LogP contribution in [-0.2, 0) is 14.3 Å². The number of hydrogen-bond acceptors (Lipinski definition) is 4. The molecule has 4 nitrogen and oxygen atoms in total. The number of benzene rings is 1. The fourth-order valence-corrected chi connectivity index (χ4v) is 1.91. The second kappa shape index (κ2) is 6.92. The molecule has 0 aliphatic rings. The molecule has 0 heterocycles. The third-order valence-corrected chi connectivity index (χ3v) is 3.16. The fourth-order valence-electron chi connectivity index (χ4n) is 1.91. The maximum Gasteiger partial charge on any atom is 0.314 e. The van der Waals surface area contributed by atoms with E-state index in [0.29, 0.717) is 12.4 Å². The van der Waals surface area contributed by atoms with E-state index in [4.69, 9.17) is 9.47 Å². The Morgan fingerprint density at radius 2 is 1.79 bits per heavy atom. The number of rotatable bonds is 6. The van der Waals surface area contributed by atoms with E-state index >= 15 is 0 Å². The number of ketones is 1. The van der Waals surface area contributed by atoms with E-state index in [9.17, 15) is 9.59 Å². The summed E-state index contributed by atoms with van der Waals surface area (Å²) in [6.45, 7) is 5.28. The van der Waals surface area contributed by atoms with Gasteiger partial charge in [0, 0.05) is 5.92 Å². The van der Waals surface area contributed by atoms with Crippen LogP contribution in [0.3, 0.4) is 0 Å². The summed E-state index contributed by atoms with van der Waals surface area (Å²) in [5.74, 6) is -0.665. The predicted molar refractivity (Wildman–Crippen MR) is 72.2 cm³/mol. The molecule has 1 aromatic carbocycles. The quantitative estimate of drug-likeness (QED) is 0.741. The lowest BCUT2D eigenvalue weighted by atomic mass is 9.85. The Hall–Kier alpha value is -1.84. The molecule has 0 saturated heterocycles. The fraction of sp³-hybridized carbons (Fsp3) is 0.467. The van der Waals surface area contributed by atoms with Gasteiger partial charge in [0.25, 0.3) is 0 Å². The summed E-state index contributed by atoms with van der Waals surface area (Å²) in [5, 5.41) is 0. The summed E-state index contributed by atoms with van der Waals surface area (Å²) in [6.07, 6.45) is 0. The molecule has 0 aliphatic heterocycles. The molecular weight excluding hydrogens is 244 g/mol. The SMILES string of the molecule is CCOC(=O)C(c1ccc(OC)cc1)C(C)C(C)=O. The smallest absolute Gasteiger partial charge is 0.314 e. The normalized spacial score (nSPS) is 13.5. The van der Waals surface area contributed by atoms with Crippen LogP contribution >= 0.6 is 0 Å². The van der Waals surface area contributed by atoms with Gasteiger partial charge in [-0.1, -0.05) is 19.1 Å². The van der Waals surface area contributed by atoms with Crippen molar-refractivity contribution in [1.29, 1.82) is 0 Å². The number of carbonyl (C=O) groups is 2. The van der Waals surface area contributed by atoms with Crippen molar-refractivity contribution in [3.63, 3.8) is 0 Å². The standard InChI is InChI=1S/C15H20O4/c1-5-19-15(17)14(10(2)11(3)16)12-6-8-13(18-4)9-7-12/h6-10,14H,5H2,1-4H3. The van der Waals surface area contributed by atoms with E-state index in [1.807, 2.05) is 0 Å². The van der Waals surface area contributed by atoms with Gasteiger partial charge >= 0.3 is 5.97 Å². The second-order valence-corrected chi connectivity index (χ2v) is 4.40. The van der Waals surface area contributed by atoms with Crippen molar-refractivity contribution in [3.05, 3.63) is 29.8 Å². The summed E-state index contributed by atoms with van der Waals surface area (Å²) in [4.78, 5) is 23.6. The van der Waals surface area contributed by atoms with Crippen LogP contribution in [0.5, 0.6) is 5.75 Å². The minimum Gasteiger partial charge on any atom is -0.497 e. The Kier molecular flexibility index (Phi) is 5.55. The number of carbonyl (C=O) groups excluding carboxylic acids is 2. The molecule has 0 fully saturated rings. The topological polar surface area (TPSA) is 52.6 Å². The van der Waals surface area contributed by atoms with Crippen LogP contribution in [0.4, 0.5) is 0 Å². The Morgan fingerprint density at radius 1 is 1.21 bits per heavy atom. The van der Waals surface area contributed by atoms with Crippen molar-refractivity contribution in [2.75, 3.05) is 13.7 Å². The first kappa shape index (κ1) is 15.2. The van der Waals surface area contributed by atoms with Gasteiger partial charge in [-0.15, -0.1) is 0 Å². The van der Waals surface area contributed by atoms with Crippen molar-refractivity contribution in [3.8, 4) is 5.75 Å². The maximum atomic E-state index is 12.0. The van der Waals surface area contributed by atoms with Gasteiger partial charge in [0.05, 0.1) is 19.6 Å². The van der Waals surface area contributed by atoms with E-state index in [1.165, 1.54) is 6.92 Å². The molecule has 104 valence electrons. The first-order valence-corrected chi connectivity index (χ1v) is 6.32. The van der Waals surface area contributed by atoms with Gasteiger partial charge in [0.15, 0.2) is 0 Å². The summed E-state index contributed by atoms with van der Waals surface area (Å²) in [5.41, 5.74) is 0.766. The van der Waals surface area contributed by atoms with E-state index < -0.39 is 11.8 Å². The maximum absolute atomic E-state index is 12.0. The Balaban J connectivity index is 3.07. The zero-order chi connectivity index (χ0) is 14.4. The highest BCUT2D eigenvalue weighted by Crippen LogP contribution is 2.28. The van der Waals surface area contributed by atoms with Crippen LogP contribution in [0.15, 0.2) is 24.3 Å². The lowest BCUT2D eigenvalue weighted by Gasteiger charge is -2.20. The van der Waals surface area contributed by atoms with Crippen molar-refractivity contribution >= 4 is 11.8 Å². The minimum atomic E-state index is -0.566. The zero-order valence-electron chi connectivity index (χ0n) is 11.8. The van der Waals surface area contributed by atoms with E-state index in [1.54, 1.807) is 45.2 Å². The Labute approximate surface area is 113 Å².